The van der Waals surface area contributed by atoms with E-state index >= 15 is 0 Å². The monoisotopic (exact) mass is 202 g/mol. The van der Waals surface area contributed by atoms with E-state index in [1.807, 2.05) is 6.92 Å². The standard InChI is InChI=1S/C9H18N2O3/c1-7(12)3-11-8(13)4-14-9(2)5-10-6-9/h7,10,12H,3-6H2,1-2H3,(H,11,13)/t7-/m1/s1. The van der Waals surface area contributed by atoms with Crippen LogP contribution in [0.2, 0.25) is 0 Å². The summed E-state index contributed by atoms with van der Waals surface area (Å²) in [5, 5.41) is 14.6. The lowest BCUT2D eigenvalue weighted by Gasteiger charge is -2.38. The molecule has 82 valence electrons. The average Bonchev–Trinajstić information content (AvgIpc) is 2.08. The summed E-state index contributed by atoms with van der Waals surface area (Å²) in [7, 11) is 0. The van der Waals surface area contributed by atoms with E-state index in [-0.39, 0.29) is 24.7 Å². The molecule has 5 heteroatoms. The highest BCUT2D eigenvalue weighted by molar-refractivity contribution is 5.77. The molecule has 0 saturated carbocycles. The molecule has 0 aliphatic carbocycles. The Balaban J connectivity index is 2.08. The molecule has 0 aromatic carbocycles. The highest BCUT2D eigenvalue weighted by Crippen LogP contribution is 2.14. The van der Waals surface area contributed by atoms with Gasteiger partial charge in [-0.3, -0.25) is 4.79 Å². The number of hydrogen-bond donors (Lipinski definition) is 3. The Labute approximate surface area is 83.8 Å². The number of aliphatic hydroxyl groups is 1. The molecule has 0 bridgehead atoms. The van der Waals surface area contributed by atoms with E-state index < -0.39 is 6.10 Å². The first-order valence-electron chi connectivity index (χ1n) is 4.81. The van der Waals surface area contributed by atoms with Gasteiger partial charge < -0.3 is 20.5 Å². The second kappa shape index (κ2) is 4.72. The van der Waals surface area contributed by atoms with Gasteiger partial charge in [-0.1, -0.05) is 0 Å². The van der Waals surface area contributed by atoms with Crippen LogP contribution < -0.4 is 10.6 Å². The first kappa shape index (κ1) is 11.4. The van der Waals surface area contributed by atoms with Gasteiger partial charge in [0.1, 0.15) is 6.61 Å². The fraction of sp³-hybridized carbons (Fsp3) is 0.889. The van der Waals surface area contributed by atoms with Crippen molar-refractivity contribution < 1.29 is 14.6 Å². The summed E-state index contributed by atoms with van der Waals surface area (Å²) in [5.41, 5.74) is -0.192. The third-order valence-electron chi connectivity index (χ3n) is 2.14. The molecule has 0 radical (unpaired) electrons. The molecule has 3 N–H and O–H groups in total. The van der Waals surface area contributed by atoms with Crippen molar-refractivity contribution in [2.24, 2.45) is 0 Å². The van der Waals surface area contributed by atoms with Crippen LogP contribution in [-0.2, 0) is 9.53 Å². The first-order chi connectivity index (χ1) is 6.52. The fourth-order valence-corrected chi connectivity index (χ4v) is 1.13. The number of hydrogen-bond acceptors (Lipinski definition) is 4. The molecule has 1 atom stereocenters. The van der Waals surface area contributed by atoms with E-state index in [0.717, 1.165) is 13.1 Å². The maximum absolute atomic E-state index is 11.2. The van der Waals surface area contributed by atoms with Crippen LogP contribution in [0.1, 0.15) is 13.8 Å². The van der Waals surface area contributed by atoms with Crippen molar-refractivity contribution in [3.63, 3.8) is 0 Å². The summed E-state index contributed by atoms with van der Waals surface area (Å²) in [6.45, 7) is 5.50. The van der Waals surface area contributed by atoms with E-state index in [0.29, 0.717) is 0 Å². The van der Waals surface area contributed by atoms with E-state index in [2.05, 4.69) is 10.6 Å². The normalized spacial score (nSPS) is 21.1. The summed E-state index contributed by atoms with van der Waals surface area (Å²) in [4.78, 5) is 11.2. The predicted molar refractivity (Wildman–Crippen MR) is 51.9 cm³/mol. The molecule has 1 aliphatic rings. The minimum atomic E-state index is -0.514. The maximum atomic E-state index is 11.2. The summed E-state index contributed by atoms with van der Waals surface area (Å²) in [5.74, 6) is -0.181. The van der Waals surface area contributed by atoms with Gasteiger partial charge in [0.15, 0.2) is 0 Å². The minimum Gasteiger partial charge on any atom is -0.392 e. The zero-order chi connectivity index (χ0) is 10.6. The van der Waals surface area contributed by atoms with E-state index in [1.165, 1.54) is 0 Å². The average molecular weight is 202 g/mol. The smallest absolute Gasteiger partial charge is 0.246 e. The molecule has 1 heterocycles. The van der Waals surface area contributed by atoms with Crippen LogP contribution in [0, 0.1) is 0 Å². The van der Waals surface area contributed by atoms with Gasteiger partial charge in [0, 0.05) is 19.6 Å². The highest BCUT2D eigenvalue weighted by atomic mass is 16.5. The largest absolute Gasteiger partial charge is 0.392 e. The Morgan fingerprint density at radius 1 is 1.71 bits per heavy atom. The number of carbonyl (C=O) groups excluding carboxylic acids is 1. The van der Waals surface area contributed by atoms with Crippen molar-refractivity contribution >= 4 is 5.91 Å². The van der Waals surface area contributed by atoms with Crippen LogP contribution >= 0.6 is 0 Å². The Hall–Kier alpha value is -0.650. The van der Waals surface area contributed by atoms with Crippen molar-refractivity contribution in [1.29, 1.82) is 0 Å². The van der Waals surface area contributed by atoms with Crippen molar-refractivity contribution in [3.8, 4) is 0 Å². The van der Waals surface area contributed by atoms with Crippen LogP contribution in [0.5, 0.6) is 0 Å². The number of ether oxygens (including phenoxy) is 1. The molecule has 0 aromatic heterocycles. The zero-order valence-electron chi connectivity index (χ0n) is 8.67. The molecule has 0 unspecified atom stereocenters. The Kier molecular flexibility index (Phi) is 3.86. The number of aliphatic hydroxyl groups excluding tert-OH is 1. The molecular formula is C9H18N2O3. The second-order valence-corrected chi connectivity index (χ2v) is 4.00. The molecule has 5 nitrogen and oxygen atoms in total. The SMILES string of the molecule is C[C@@H](O)CNC(=O)COC1(C)CNC1. The highest BCUT2D eigenvalue weighted by Gasteiger charge is 2.32. The lowest BCUT2D eigenvalue weighted by Crippen LogP contribution is -2.59. The van der Waals surface area contributed by atoms with Gasteiger partial charge in [0.2, 0.25) is 5.91 Å². The Morgan fingerprint density at radius 2 is 2.36 bits per heavy atom. The van der Waals surface area contributed by atoms with Crippen LogP contribution in [0.3, 0.4) is 0 Å². The van der Waals surface area contributed by atoms with Gasteiger partial charge in [-0.25, -0.2) is 0 Å². The van der Waals surface area contributed by atoms with Crippen molar-refractivity contribution in [1.82, 2.24) is 10.6 Å². The third-order valence-corrected chi connectivity index (χ3v) is 2.14. The van der Waals surface area contributed by atoms with E-state index in [4.69, 9.17) is 9.84 Å². The van der Waals surface area contributed by atoms with Crippen molar-refractivity contribution in [3.05, 3.63) is 0 Å². The minimum absolute atomic E-state index is 0.0604. The molecule has 1 rings (SSSR count). The third kappa shape index (κ3) is 3.61. The quantitative estimate of drug-likeness (QED) is 0.527. The predicted octanol–water partition coefficient (Wildman–Crippen LogP) is -1.14. The molecule has 1 aliphatic heterocycles. The van der Waals surface area contributed by atoms with Gasteiger partial charge in [-0.05, 0) is 13.8 Å². The molecular weight excluding hydrogens is 184 g/mol. The molecule has 0 aromatic rings. The fourth-order valence-electron chi connectivity index (χ4n) is 1.13. The zero-order valence-corrected chi connectivity index (χ0v) is 8.67. The first-order valence-corrected chi connectivity index (χ1v) is 4.81. The summed E-state index contributed by atoms with van der Waals surface area (Å²) in [6.07, 6.45) is -0.514. The summed E-state index contributed by atoms with van der Waals surface area (Å²) < 4.78 is 5.40. The topological polar surface area (TPSA) is 70.6 Å². The lowest BCUT2D eigenvalue weighted by atomic mass is 10.0. The van der Waals surface area contributed by atoms with Gasteiger partial charge in [0.05, 0.1) is 11.7 Å². The van der Waals surface area contributed by atoms with Crippen molar-refractivity contribution in [2.45, 2.75) is 25.6 Å². The van der Waals surface area contributed by atoms with Gasteiger partial charge >= 0.3 is 0 Å². The molecule has 14 heavy (non-hydrogen) atoms. The Bertz CT molecular complexity index is 202. The van der Waals surface area contributed by atoms with Gasteiger partial charge in [0.25, 0.3) is 0 Å². The van der Waals surface area contributed by atoms with Crippen LogP contribution in [0.15, 0.2) is 0 Å². The molecule has 1 amide bonds. The van der Waals surface area contributed by atoms with Crippen LogP contribution in [0.25, 0.3) is 0 Å². The summed E-state index contributed by atoms with van der Waals surface area (Å²) >= 11 is 0. The van der Waals surface area contributed by atoms with Crippen LogP contribution in [-0.4, -0.2) is 49.0 Å². The number of rotatable bonds is 5. The maximum Gasteiger partial charge on any atom is 0.246 e. The van der Waals surface area contributed by atoms with Gasteiger partial charge in [-0.2, -0.15) is 0 Å². The van der Waals surface area contributed by atoms with Crippen LogP contribution in [0.4, 0.5) is 0 Å². The number of nitrogens with one attached hydrogen (secondary N) is 2. The summed E-state index contributed by atoms with van der Waals surface area (Å²) in [6, 6.07) is 0. The Morgan fingerprint density at radius 3 is 2.79 bits per heavy atom. The number of carbonyl (C=O) groups is 1. The van der Waals surface area contributed by atoms with E-state index in [9.17, 15) is 4.79 Å². The molecule has 1 fully saturated rings. The van der Waals surface area contributed by atoms with Gasteiger partial charge in [-0.15, -0.1) is 0 Å². The molecule has 1 saturated heterocycles. The second-order valence-electron chi connectivity index (χ2n) is 4.00. The van der Waals surface area contributed by atoms with E-state index in [1.54, 1.807) is 6.92 Å². The lowest BCUT2D eigenvalue weighted by molar-refractivity contribution is -0.136. The molecule has 0 spiro atoms. The van der Waals surface area contributed by atoms with Crippen molar-refractivity contribution in [2.75, 3.05) is 26.2 Å². The number of amides is 1.